The molecule has 2 N–H and O–H groups in total. The molecule has 0 aromatic heterocycles. The van der Waals surface area contributed by atoms with Gasteiger partial charge >= 0.3 is 6.03 Å². The lowest BCUT2D eigenvalue weighted by Crippen LogP contribution is -2.42. The number of piperidine rings is 1. The third-order valence-electron chi connectivity index (χ3n) is 3.00. The highest BCUT2D eigenvalue weighted by Gasteiger charge is 2.22. The number of urea groups is 1. The molecule has 1 unspecified atom stereocenters. The Hall–Kier alpha value is -1.51. The number of primary amides is 1. The summed E-state index contributed by atoms with van der Waals surface area (Å²) >= 11 is 0. The summed E-state index contributed by atoms with van der Waals surface area (Å²) in [6.45, 7) is 1.57. The number of carbonyl (C=O) groups excluding carboxylic acids is 1. The van der Waals surface area contributed by atoms with Crippen LogP contribution in [0.2, 0.25) is 0 Å². The summed E-state index contributed by atoms with van der Waals surface area (Å²) in [6, 6.07) is 10.0. The maximum atomic E-state index is 11.1. The molecule has 2 amide bonds. The maximum absolute atomic E-state index is 11.1. The van der Waals surface area contributed by atoms with Gasteiger partial charge in [0, 0.05) is 19.0 Å². The van der Waals surface area contributed by atoms with Crippen molar-refractivity contribution in [3.8, 4) is 0 Å². The molecule has 0 bridgehead atoms. The van der Waals surface area contributed by atoms with Crippen molar-refractivity contribution in [2.45, 2.75) is 18.8 Å². The molecule has 0 aliphatic carbocycles. The summed E-state index contributed by atoms with van der Waals surface area (Å²) in [5, 5.41) is 0. The molecule has 1 atom stereocenters. The second kappa shape index (κ2) is 4.34. The van der Waals surface area contributed by atoms with Crippen molar-refractivity contribution in [1.82, 2.24) is 4.90 Å². The highest BCUT2D eigenvalue weighted by molar-refractivity contribution is 5.72. The van der Waals surface area contributed by atoms with Gasteiger partial charge in [-0.1, -0.05) is 30.3 Å². The summed E-state index contributed by atoms with van der Waals surface area (Å²) in [6.07, 6.45) is 2.19. The predicted molar refractivity (Wildman–Crippen MR) is 59.6 cm³/mol. The van der Waals surface area contributed by atoms with Crippen molar-refractivity contribution >= 4 is 6.03 Å². The molecule has 3 nitrogen and oxygen atoms in total. The highest BCUT2D eigenvalue weighted by atomic mass is 16.2. The zero-order valence-corrected chi connectivity index (χ0v) is 8.73. The van der Waals surface area contributed by atoms with Gasteiger partial charge in [0.05, 0.1) is 0 Å². The maximum Gasteiger partial charge on any atom is 0.314 e. The molecular weight excluding hydrogens is 188 g/mol. The molecule has 1 fully saturated rings. The lowest BCUT2D eigenvalue weighted by Gasteiger charge is -2.31. The Bertz CT molecular complexity index is 337. The SMILES string of the molecule is NC(=O)N1CCCC(c2ccccc2)C1. The van der Waals surface area contributed by atoms with Crippen LogP contribution in [0.4, 0.5) is 4.79 Å². The van der Waals surface area contributed by atoms with E-state index in [2.05, 4.69) is 12.1 Å². The number of hydrogen-bond acceptors (Lipinski definition) is 1. The summed E-state index contributed by atoms with van der Waals surface area (Å²) < 4.78 is 0. The molecule has 1 aliphatic rings. The van der Waals surface area contributed by atoms with E-state index in [1.807, 2.05) is 18.2 Å². The fourth-order valence-corrected chi connectivity index (χ4v) is 2.17. The summed E-state index contributed by atoms with van der Waals surface area (Å²) in [4.78, 5) is 12.8. The van der Waals surface area contributed by atoms with E-state index in [0.29, 0.717) is 5.92 Å². The second-order valence-corrected chi connectivity index (χ2v) is 4.03. The van der Waals surface area contributed by atoms with E-state index in [1.54, 1.807) is 4.90 Å². The Morgan fingerprint density at radius 3 is 2.73 bits per heavy atom. The van der Waals surface area contributed by atoms with E-state index in [0.717, 1.165) is 25.9 Å². The lowest BCUT2D eigenvalue weighted by atomic mass is 9.91. The topological polar surface area (TPSA) is 46.3 Å². The van der Waals surface area contributed by atoms with E-state index < -0.39 is 0 Å². The van der Waals surface area contributed by atoms with E-state index in [1.165, 1.54) is 5.56 Å². The minimum absolute atomic E-state index is 0.296. The molecule has 0 saturated carbocycles. The van der Waals surface area contributed by atoms with Crippen LogP contribution in [0, 0.1) is 0 Å². The Morgan fingerprint density at radius 2 is 2.07 bits per heavy atom. The molecule has 80 valence electrons. The van der Waals surface area contributed by atoms with Gasteiger partial charge in [-0.3, -0.25) is 0 Å². The Labute approximate surface area is 89.9 Å². The first-order chi connectivity index (χ1) is 7.27. The first kappa shape index (κ1) is 10.0. The number of carbonyl (C=O) groups is 1. The lowest BCUT2D eigenvalue weighted by molar-refractivity contribution is 0.189. The average Bonchev–Trinajstić information content (AvgIpc) is 2.30. The molecule has 15 heavy (non-hydrogen) atoms. The number of nitrogens with two attached hydrogens (primary N) is 1. The van der Waals surface area contributed by atoms with Crippen molar-refractivity contribution < 1.29 is 4.79 Å². The van der Waals surface area contributed by atoms with Crippen LogP contribution in [-0.2, 0) is 0 Å². The zero-order valence-electron chi connectivity index (χ0n) is 8.73. The minimum atomic E-state index is -0.296. The third kappa shape index (κ3) is 2.29. The van der Waals surface area contributed by atoms with Gasteiger partial charge in [0.2, 0.25) is 0 Å². The summed E-state index contributed by atoms with van der Waals surface area (Å²) in [5.74, 6) is 0.451. The van der Waals surface area contributed by atoms with Crippen LogP contribution in [-0.4, -0.2) is 24.0 Å². The standard InChI is InChI=1S/C12H16N2O/c13-12(15)14-8-4-7-11(9-14)10-5-2-1-3-6-10/h1-3,5-6,11H,4,7-9H2,(H2,13,15). The predicted octanol–water partition coefficient (Wildman–Crippen LogP) is 1.94. The molecule has 0 radical (unpaired) electrons. The molecule has 1 aliphatic heterocycles. The van der Waals surface area contributed by atoms with E-state index in [-0.39, 0.29) is 6.03 Å². The monoisotopic (exact) mass is 204 g/mol. The Balaban J connectivity index is 2.08. The van der Waals surface area contributed by atoms with Crippen LogP contribution in [0.5, 0.6) is 0 Å². The first-order valence-electron chi connectivity index (χ1n) is 5.36. The van der Waals surface area contributed by atoms with E-state index in [4.69, 9.17) is 5.73 Å². The molecule has 0 spiro atoms. The normalized spacial score (nSPS) is 21.3. The van der Waals surface area contributed by atoms with Crippen LogP contribution in [0.25, 0.3) is 0 Å². The molecular formula is C12H16N2O. The average molecular weight is 204 g/mol. The van der Waals surface area contributed by atoms with Crippen molar-refractivity contribution in [1.29, 1.82) is 0 Å². The van der Waals surface area contributed by atoms with Gasteiger partial charge in [-0.2, -0.15) is 0 Å². The number of amides is 2. The molecule has 1 aromatic rings. The summed E-state index contributed by atoms with van der Waals surface area (Å²) in [7, 11) is 0. The van der Waals surface area contributed by atoms with Gasteiger partial charge < -0.3 is 10.6 Å². The highest BCUT2D eigenvalue weighted by Crippen LogP contribution is 2.26. The van der Waals surface area contributed by atoms with Gasteiger partial charge in [0.25, 0.3) is 0 Å². The van der Waals surface area contributed by atoms with E-state index in [9.17, 15) is 4.79 Å². The van der Waals surface area contributed by atoms with Gasteiger partial charge in [0.15, 0.2) is 0 Å². The number of nitrogens with zero attached hydrogens (tertiary/aromatic N) is 1. The molecule has 3 heteroatoms. The quantitative estimate of drug-likeness (QED) is 0.746. The van der Waals surface area contributed by atoms with Crippen molar-refractivity contribution in [3.63, 3.8) is 0 Å². The van der Waals surface area contributed by atoms with Crippen LogP contribution >= 0.6 is 0 Å². The van der Waals surface area contributed by atoms with Crippen LogP contribution in [0.15, 0.2) is 30.3 Å². The largest absolute Gasteiger partial charge is 0.351 e. The molecule has 2 rings (SSSR count). The minimum Gasteiger partial charge on any atom is -0.351 e. The third-order valence-corrected chi connectivity index (χ3v) is 3.00. The van der Waals surface area contributed by atoms with Gasteiger partial charge in [-0.15, -0.1) is 0 Å². The van der Waals surface area contributed by atoms with Crippen LogP contribution in [0.1, 0.15) is 24.3 Å². The van der Waals surface area contributed by atoms with Crippen molar-refractivity contribution in [3.05, 3.63) is 35.9 Å². The smallest absolute Gasteiger partial charge is 0.314 e. The summed E-state index contributed by atoms with van der Waals surface area (Å²) in [5.41, 5.74) is 6.60. The molecule has 1 aromatic carbocycles. The molecule has 1 saturated heterocycles. The van der Waals surface area contributed by atoms with Crippen LogP contribution < -0.4 is 5.73 Å². The second-order valence-electron chi connectivity index (χ2n) is 4.03. The van der Waals surface area contributed by atoms with Gasteiger partial charge in [0.1, 0.15) is 0 Å². The number of benzene rings is 1. The molecule has 1 heterocycles. The first-order valence-corrected chi connectivity index (χ1v) is 5.36. The zero-order chi connectivity index (χ0) is 10.7. The van der Waals surface area contributed by atoms with Gasteiger partial charge in [-0.05, 0) is 18.4 Å². The fraction of sp³-hybridized carbons (Fsp3) is 0.417. The van der Waals surface area contributed by atoms with Crippen molar-refractivity contribution in [2.24, 2.45) is 5.73 Å². The number of likely N-dealkylation sites (tertiary alicyclic amines) is 1. The Morgan fingerprint density at radius 1 is 1.33 bits per heavy atom. The van der Waals surface area contributed by atoms with Gasteiger partial charge in [-0.25, -0.2) is 4.79 Å². The number of hydrogen-bond donors (Lipinski definition) is 1. The van der Waals surface area contributed by atoms with Crippen LogP contribution in [0.3, 0.4) is 0 Å². The number of rotatable bonds is 1. The fourth-order valence-electron chi connectivity index (χ4n) is 2.17. The van der Waals surface area contributed by atoms with Crippen molar-refractivity contribution in [2.75, 3.05) is 13.1 Å². The van der Waals surface area contributed by atoms with E-state index >= 15 is 0 Å². The Kier molecular flexibility index (Phi) is 2.90.